The van der Waals surface area contributed by atoms with Gasteiger partial charge in [-0.2, -0.15) is 0 Å². The van der Waals surface area contributed by atoms with Crippen LogP contribution in [0.2, 0.25) is 0 Å². The van der Waals surface area contributed by atoms with Gasteiger partial charge >= 0.3 is 5.97 Å². The number of hydrogen-bond donors (Lipinski definition) is 1. The van der Waals surface area contributed by atoms with Crippen molar-refractivity contribution in [2.75, 3.05) is 27.1 Å². The van der Waals surface area contributed by atoms with E-state index in [2.05, 4.69) is 4.98 Å². The van der Waals surface area contributed by atoms with E-state index in [9.17, 15) is 4.79 Å². The van der Waals surface area contributed by atoms with Crippen LogP contribution in [0.5, 0.6) is 11.5 Å². The van der Waals surface area contributed by atoms with Crippen LogP contribution in [0, 0.1) is 0 Å². The highest BCUT2D eigenvalue weighted by atomic mass is 16.5. The molecule has 3 rings (SSSR count). The molecule has 27 heavy (non-hydrogen) atoms. The number of nitrogens with two attached hydrogens (primary N) is 1. The summed E-state index contributed by atoms with van der Waals surface area (Å²) in [5.41, 5.74) is 9.49. The number of carbonyl (C=O) groups is 1. The molecule has 3 aromatic rings. The Morgan fingerprint density at radius 3 is 1.85 bits per heavy atom. The van der Waals surface area contributed by atoms with Crippen molar-refractivity contribution in [3.8, 4) is 34.0 Å². The molecule has 2 aromatic carbocycles. The first-order chi connectivity index (χ1) is 13.1. The van der Waals surface area contributed by atoms with Gasteiger partial charge in [0.25, 0.3) is 0 Å². The van der Waals surface area contributed by atoms with Crippen molar-refractivity contribution in [2.24, 2.45) is 0 Å². The van der Waals surface area contributed by atoms with Crippen LogP contribution < -0.4 is 15.2 Å². The quantitative estimate of drug-likeness (QED) is 0.693. The summed E-state index contributed by atoms with van der Waals surface area (Å²) >= 11 is 0. The first-order valence-electron chi connectivity index (χ1n) is 8.25. The number of rotatable bonds is 5. The zero-order valence-electron chi connectivity index (χ0n) is 15.4. The van der Waals surface area contributed by atoms with Gasteiger partial charge in [-0.25, -0.2) is 9.78 Å². The molecule has 0 saturated heterocycles. The number of anilines is 1. The number of aromatic nitrogens is 1. The van der Waals surface area contributed by atoms with Crippen LogP contribution in [-0.4, -0.2) is 32.3 Å². The fourth-order valence-electron chi connectivity index (χ4n) is 2.71. The normalized spacial score (nSPS) is 10.3. The smallest absolute Gasteiger partial charge is 0.340 e. The molecular formula is C21H20N2O4. The van der Waals surface area contributed by atoms with Gasteiger partial charge in [0.05, 0.1) is 44.0 Å². The molecule has 0 unspecified atom stereocenters. The van der Waals surface area contributed by atoms with Crippen molar-refractivity contribution >= 4 is 11.7 Å². The maximum absolute atomic E-state index is 12.2. The molecule has 2 N–H and O–H groups in total. The van der Waals surface area contributed by atoms with E-state index in [0.29, 0.717) is 11.4 Å². The van der Waals surface area contributed by atoms with E-state index in [4.69, 9.17) is 19.9 Å². The zero-order chi connectivity index (χ0) is 19.4. The van der Waals surface area contributed by atoms with Crippen LogP contribution in [0.25, 0.3) is 22.5 Å². The number of methoxy groups -OCH3 is 3. The Kier molecular flexibility index (Phi) is 5.26. The molecule has 0 aliphatic heterocycles. The van der Waals surface area contributed by atoms with Gasteiger partial charge < -0.3 is 19.9 Å². The highest BCUT2D eigenvalue weighted by Crippen LogP contribution is 2.33. The number of esters is 1. The van der Waals surface area contributed by atoms with E-state index in [1.54, 1.807) is 20.3 Å². The molecule has 6 nitrogen and oxygen atoms in total. The van der Waals surface area contributed by atoms with E-state index in [0.717, 1.165) is 22.6 Å². The Balaban J connectivity index is 2.17. The lowest BCUT2D eigenvalue weighted by Crippen LogP contribution is -2.09. The predicted molar refractivity (Wildman–Crippen MR) is 104 cm³/mol. The molecule has 0 fully saturated rings. The standard InChI is InChI=1S/C21H20N2O4/c1-25-15-8-4-13(5-9-15)18-12-17(21(24)27-3)19(22)20(23-18)14-6-10-16(26-2)11-7-14/h4-12H,22H2,1-3H3. The lowest BCUT2D eigenvalue weighted by molar-refractivity contribution is 0.0602. The molecule has 0 atom stereocenters. The molecule has 0 saturated carbocycles. The molecule has 0 radical (unpaired) electrons. The van der Waals surface area contributed by atoms with E-state index in [1.165, 1.54) is 7.11 Å². The third-order valence-electron chi connectivity index (χ3n) is 4.21. The van der Waals surface area contributed by atoms with Gasteiger partial charge in [0.15, 0.2) is 0 Å². The second-order valence-electron chi connectivity index (χ2n) is 5.77. The number of pyridine rings is 1. The lowest BCUT2D eigenvalue weighted by Gasteiger charge is -2.13. The molecule has 1 heterocycles. The maximum atomic E-state index is 12.2. The average molecular weight is 364 g/mol. The number of nitrogen functional groups attached to an aromatic ring is 1. The van der Waals surface area contributed by atoms with Crippen LogP contribution >= 0.6 is 0 Å². The van der Waals surface area contributed by atoms with Crippen molar-refractivity contribution in [1.29, 1.82) is 0 Å². The molecule has 138 valence electrons. The van der Waals surface area contributed by atoms with Gasteiger partial charge in [-0.05, 0) is 54.6 Å². The van der Waals surface area contributed by atoms with Gasteiger partial charge in [0, 0.05) is 11.1 Å². The van der Waals surface area contributed by atoms with Gasteiger partial charge in [0.2, 0.25) is 0 Å². The Bertz CT molecular complexity index is 951. The highest BCUT2D eigenvalue weighted by Gasteiger charge is 2.18. The summed E-state index contributed by atoms with van der Waals surface area (Å²) < 4.78 is 15.3. The first-order valence-corrected chi connectivity index (χ1v) is 8.25. The predicted octanol–water partition coefficient (Wildman–Crippen LogP) is 3.80. The summed E-state index contributed by atoms with van der Waals surface area (Å²) in [6.45, 7) is 0. The number of hydrogen-bond acceptors (Lipinski definition) is 6. The summed E-state index contributed by atoms with van der Waals surface area (Å²) in [6, 6.07) is 16.4. The Morgan fingerprint density at radius 1 is 0.852 bits per heavy atom. The third-order valence-corrected chi connectivity index (χ3v) is 4.21. The number of nitrogens with zero attached hydrogens (tertiary/aromatic N) is 1. The van der Waals surface area contributed by atoms with Gasteiger partial charge in [-0.1, -0.05) is 0 Å². The molecule has 0 bridgehead atoms. The fourth-order valence-corrected chi connectivity index (χ4v) is 2.71. The van der Waals surface area contributed by atoms with Gasteiger partial charge in [0.1, 0.15) is 11.5 Å². The SMILES string of the molecule is COC(=O)c1cc(-c2ccc(OC)cc2)nc(-c2ccc(OC)cc2)c1N. The Hall–Kier alpha value is -3.54. The second-order valence-corrected chi connectivity index (χ2v) is 5.77. The summed E-state index contributed by atoms with van der Waals surface area (Å²) in [7, 11) is 4.53. The number of ether oxygens (including phenoxy) is 3. The zero-order valence-corrected chi connectivity index (χ0v) is 15.4. The van der Waals surface area contributed by atoms with Crippen LogP contribution in [0.15, 0.2) is 54.6 Å². The molecule has 1 aromatic heterocycles. The Labute approximate surface area is 157 Å². The average Bonchev–Trinajstić information content (AvgIpc) is 2.73. The largest absolute Gasteiger partial charge is 0.497 e. The first kappa shape index (κ1) is 18.3. The van der Waals surface area contributed by atoms with Gasteiger partial charge in [-0.3, -0.25) is 0 Å². The van der Waals surface area contributed by atoms with E-state index < -0.39 is 5.97 Å². The van der Waals surface area contributed by atoms with Crippen molar-refractivity contribution in [3.05, 3.63) is 60.2 Å². The lowest BCUT2D eigenvalue weighted by atomic mass is 10.0. The fraction of sp³-hybridized carbons (Fsp3) is 0.143. The topological polar surface area (TPSA) is 83.7 Å². The van der Waals surface area contributed by atoms with Crippen LogP contribution in [0.3, 0.4) is 0 Å². The minimum Gasteiger partial charge on any atom is -0.497 e. The van der Waals surface area contributed by atoms with Crippen molar-refractivity contribution in [1.82, 2.24) is 4.98 Å². The second kappa shape index (κ2) is 7.78. The van der Waals surface area contributed by atoms with Crippen LogP contribution in [0.4, 0.5) is 5.69 Å². The molecule has 6 heteroatoms. The highest BCUT2D eigenvalue weighted by molar-refractivity contribution is 5.99. The van der Waals surface area contributed by atoms with E-state index >= 15 is 0 Å². The summed E-state index contributed by atoms with van der Waals surface area (Å²) in [4.78, 5) is 16.9. The number of carbonyl (C=O) groups excluding carboxylic acids is 1. The minimum absolute atomic E-state index is 0.268. The van der Waals surface area contributed by atoms with Crippen molar-refractivity contribution in [2.45, 2.75) is 0 Å². The monoisotopic (exact) mass is 364 g/mol. The third kappa shape index (κ3) is 3.69. The van der Waals surface area contributed by atoms with Crippen molar-refractivity contribution in [3.63, 3.8) is 0 Å². The minimum atomic E-state index is -0.514. The van der Waals surface area contributed by atoms with Crippen LogP contribution in [-0.2, 0) is 4.74 Å². The summed E-state index contributed by atoms with van der Waals surface area (Å²) in [5, 5.41) is 0. The molecular weight excluding hydrogens is 344 g/mol. The molecule has 0 spiro atoms. The van der Waals surface area contributed by atoms with Crippen molar-refractivity contribution < 1.29 is 19.0 Å². The van der Waals surface area contributed by atoms with E-state index in [1.807, 2.05) is 48.5 Å². The molecule has 0 aliphatic rings. The summed E-state index contributed by atoms with van der Waals surface area (Å²) in [5.74, 6) is 0.939. The summed E-state index contributed by atoms with van der Waals surface area (Å²) in [6.07, 6.45) is 0. The molecule has 0 amide bonds. The van der Waals surface area contributed by atoms with Crippen LogP contribution in [0.1, 0.15) is 10.4 Å². The van der Waals surface area contributed by atoms with Gasteiger partial charge in [-0.15, -0.1) is 0 Å². The number of benzene rings is 2. The Morgan fingerprint density at radius 2 is 1.37 bits per heavy atom. The molecule has 0 aliphatic carbocycles. The van der Waals surface area contributed by atoms with E-state index in [-0.39, 0.29) is 11.3 Å². The maximum Gasteiger partial charge on any atom is 0.340 e.